The minimum absolute atomic E-state index is 0.0862. The average molecular weight is 204 g/mol. The summed E-state index contributed by atoms with van der Waals surface area (Å²) in [7, 11) is 1.93. The lowest BCUT2D eigenvalue weighted by molar-refractivity contribution is 0.0690. The molecule has 78 valence electrons. The molecule has 0 saturated heterocycles. The Morgan fingerprint density at radius 1 is 1.47 bits per heavy atom. The lowest BCUT2D eigenvalue weighted by atomic mass is 10.2. The molecule has 2 rings (SSSR count). The molecule has 4 heteroatoms. The minimum Gasteiger partial charge on any atom is -0.477 e. The van der Waals surface area contributed by atoms with Gasteiger partial charge in [-0.05, 0) is 25.5 Å². The highest BCUT2D eigenvalue weighted by Crippen LogP contribution is 2.23. The molecule has 0 saturated carbocycles. The van der Waals surface area contributed by atoms with Crippen LogP contribution < -0.4 is 0 Å². The van der Waals surface area contributed by atoms with Crippen molar-refractivity contribution in [1.29, 1.82) is 0 Å². The lowest BCUT2D eigenvalue weighted by Crippen LogP contribution is -2.00. The standard InChI is InChI=1S/C11H12N2O2/c1-6-7(2)13(3)10-4-9(11(14)15)12-5-8(6)10/h4-5H,1-3H3,(H,14,15). The van der Waals surface area contributed by atoms with E-state index in [4.69, 9.17) is 5.11 Å². The van der Waals surface area contributed by atoms with Crippen LogP contribution in [0.5, 0.6) is 0 Å². The van der Waals surface area contributed by atoms with Crippen LogP contribution in [0.15, 0.2) is 12.3 Å². The van der Waals surface area contributed by atoms with E-state index in [0.717, 1.165) is 22.2 Å². The number of hydrogen-bond acceptors (Lipinski definition) is 2. The van der Waals surface area contributed by atoms with Crippen molar-refractivity contribution >= 4 is 16.9 Å². The van der Waals surface area contributed by atoms with E-state index < -0.39 is 5.97 Å². The van der Waals surface area contributed by atoms with E-state index in [1.54, 1.807) is 12.3 Å². The van der Waals surface area contributed by atoms with Gasteiger partial charge in [0.1, 0.15) is 5.69 Å². The van der Waals surface area contributed by atoms with E-state index >= 15 is 0 Å². The van der Waals surface area contributed by atoms with Crippen LogP contribution in [0.2, 0.25) is 0 Å². The molecule has 0 aliphatic carbocycles. The molecule has 0 bridgehead atoms. The molecule has 1 N–H and O–H groups in total. The van der Waals surface area contributed by atoms with Crippen LogP contribution in [0.1, 0.15) is 21.7 Å². The van der Waals surface area contributed by atoms with Crippen LogP contribution >= 0.6 is 0 Å². The van der Waals surface area contributed by atoms with Crippen molar-refractivity contribution in [3.05, 3.63) is 29.2 Å². The summed E-state index contributed by atoms with van der Waals surface area (Å²) in [5.74, 6) is -0.992. The van der Waals surface area contributed by atoms with Crippen LogP contribution in [-0.2, 0) is 7.05 Å². The Bertz CT molecular complexity index is 555. The normalized spacial score (nSPS) is 10.9. The van der Waals surface area contributed by atoms with Crippen LogP contribution in [0.25, 0.3) is 10.9 Å². The van der Waals surface area contributed by atoms with Gasteiger partial charge in [-0.3, -0.25) is 0 Å². The number of fused-ring (bicyclic) bond motifs is 1. The summed E-state index contributed by atoms with van der Waals surface area (Å²) in [5.41, 5.74) is 3.28. The van der Waals surface area contributed by atoms with Gasteiger partial charge in [0.2, 0.25) is 0 Å². The van der Waals surface area contributed by atoms with Gasteiger partial charge in [-0.2, -0.15) is 0 Å². The first-order chi connectivity index (χ1) is 7.02. The highest BCUT2D eigenvalue weighted by atomic mass is 16.4. The predicted octanol–water partition coefficient (Wildman–Crippen LogP) is 1.89. The number of carboxylic acid groups (broad SMARTS) is 1. The van der Waals surface area contributed by atoms with Gasteiger partial charge in [-0.1, -0.05) is 0 Å². The molecular weight excluding hydrogens is 192 g/mol. The largest absolute Gasteiger partial charge is 0.477 e. The summed E-state index contributed by atoms with van der Waals surface area (Å²) in [6.07, 6.45) is 1.63. The Hall–Kier alpha value is -1.84. The second kappa shape index (κ2) is 3.08. The number of nitrogens with zero attached hydrogens (tertiary/aromatic N) is 2. The third-order valence-electron chi connectivity index (χ3n) is 2.91. The molecular formula is C11H12N2O2. The first kappa shape index (κ1) is 9.71. The summed E-state index contributed by atoms with van der Waals surface area (Å²) >= 11 is 0. The van der Waals surface area contributed by atoms with Gasteiger partial charge < -0.3 is 9.67 Å². The van der Waals surface area contributed by atoms with Gasteiger partial charge in [-0.15, -0.1) is 0 Å². The number of hydrogen-bond donors (Lipinski definition) is 1. The lowest BCUT2D eigenvalue weighted by Gasteiger charge is -1.99. The molecule has 2 aromatic heterocycles. The first-order valence-corrected chi connectivity index (χ1v) is 4.67. The van der Waals surface area contributed by atoms with Crippen molar-refractivity contribution in [2.45, 2.75) is 13.8 Å². The summed E-state index contributed by atoms with van der Waals surface area (Å²) in [6, 6.07) is 1.61. The zero-order valence-corrected chi connectivity index (χ0v) is 8.90. The SMILES string of the molecule is Cc1c(C)n(C)c2cc(C(=O)O)ncc12. The van der Waals surface area contributed by atoms with Gasteiger partial charge >= 0.3 is 5.97 Å². The van der Waals surface area contributed by atoms with Gasteiger partial charge in [0, 0.05) is 24.3 Å². The summed E-state index contributed by atoms with van der Waals surface area (Å²) in [6.45, 7) is 4.02. The molecule has 0 aromatic carbocycles. The van der Waals surface area contributed by atoms with E-state index in [0.29, 0.717) is 0 Å². The Kier molecular flexibility index (Phi) is 2.00. The van der Waals surface area contributed by atoms with E-state index in [1.807, 2.05) is 25.5 Å². The molecule has 0 aliphatic heterocycles. The van der Waals surface area contributed by atoms with Crippen LogP contribution in [0.4, 0.5) is 0 Å². The van der Waals surface area contributed by atoms with E-state index in [-0.39, 0.29) is 5.69 Å². The summed E-state index contributed by atoms with van der Waals surface area (Å²) in [5, 5.41) is 9.85. The number of aryl methyl sites for hydroxylation is 2. The minimum atomic E-state index is -0.992. The molecule has 15 heavy (non-hydrogen) atoms. The molecule has 0 radical (unpaired) electrons. The molecule has 2 heterocycles. The monoisotopic (exact) mass is 204 g/mol. The van der Waals surface area contributed by atoms with Crippen molar-refractivity contribution < 1.29 is 9.90 Å². The maximum absolute atomic E-state index is 10.8. The van der Waals surface area contributed by atoms with E-state index in [9.17, 15) is 4.79 Å². The second-order valence-electron chi connectivity index (χ2n) is 3.66. The Morgan fingerprint density at radius 2 is 2.13 bits per heavy atom. The van der Waals surface area contributed by atoms with Crippen molar-refractivity contribution in [1.82, 2.24) is 9.55 Å². The molecule has 4 nitrogen and oxygen atoms in total. The Labute approximate surface area is 87.2 Å². The van der Waals surface area contributed by atoms with Gasteiger partial charge in [-0.25, -0.2) is 9.78 Å². The zero-order valence-electron chi connectivity index (χ0n) is 8.90. The molecule has 0 unspecified atom stereocenters. The van der Waals surface area contributed by atoms with Gasteiger partial charge in [0.25, 0.3) is 0 Å². The summed E-state index contributed by atoms with van der Waals surface area (Å²) < 4.78 is 1.98. The summed E-state index contributed by atoms with van der Waals surface area (Å²) in [4.78, 5) is 14.7. The third kappa shape index (κ3) is 1.29. The first-order valence-electron chi connectivity index (χ1n) is 4.67. The topological polar surface area (TPSA) is 55.1 Å². The second-order valence-corrected chi connectivity index (χ2v) is 3.66. The van der Waals surface area contributed by atoms with Crippen LogP contribution in [0.3, 0.4) is 0 Å². The molecule has 0 fully saturated rings. The Balaban J connectivity index is 2.82. The van der Waals surface area contributed by atoms with Crippen molar-refractivity contribution in [2.24, 2.45) is 7.05 Å². The fourth-order valence-corrected chi connectivity index (χ4v) is 1.76. The van der Waals surface area contributed by atoms with E-state index in [1.165, 1.54) is 0 Å². The predicted molar refractivity (Wildman–Crippen MR) is 57.1 cm³/mol. The molecule has 0 atom stereocenters. The zero-order chi connectivity index (χ0) is 11.2. The van der Waals surface area contributed by atoms with Gasteiger partial charge in [0.15, 0.2) is 0 Å². The molecule has 2 aromatic rings. The number of rotatable bonds is 1. The van der Waals surface area contributed by atoms with Gasteiger partial charge in [0.05, 0.1) is 5.52 Å². The number of carbonyl (C=O) groups is 1. The quantitative estimate of drug-likeness (QED) is 0.771. The highest BCUT2D eigenvalue weighted by Gasteiger charge is 2.11. The fourth-order valence-electron chi connectivity index (χ4n) is 1.76. The molecule has 0 spiro atoms. The van der Waals surface area contributed by atoms with E-state index in [2.05, 4.69) is 4.98 Å². The maximum Gasteiger partial charge on any atom is 0.354 e. The Morgan fingerprint density at radius 3 is 2.73 bits per heavy atom. The fraction of sp³-hybridized carbons (Fsp3) is 0.273. The number of carboxylic acids is 1. The number of pyridine rings is 1. The highest BCUT2D eigenvalue weighted by molar-refractivity contribution is 5.92. The molecule has 0 amide bonds. The maximum atomic E-state index is 10.8. The smallest absolute Gasteiger partial charge is 0.354 e. The number of aromatic carboxylic acids is 1. The third-order valence-corrected chi connectivity index (χ3v) is 2.91. The van der Waals surface area contributed by atoms with Crippen LogP contribution in [-0.4, -0.2) is 20.6 Å². The van der Waals surface area contributed by atoms with Crippen molar-refractivity contribution in [3.63, 3.8) is 0 Å². The van der Waals surface area contributed by atoms with Crippen molar-refractivity contribution in [3.8, 4) is 0 Å². The van der Waals surface area contributed by atoms with Crippen LogP contribution in [0, 0.1) is 13.8 Å². The average Bonchev–Trinajstić information content (AvgIpc) is 2.44. The number of aromatic nitrogens is 2. The molecule has 0 aliphatic rings. The van der Waals surface area contributed by atoms with Crippen molar-refractivity contribution in [2.75, 3.05) is 0 Å².